The summed E-state index contributed by atoms with van der Waals surface area (Å²) in [5, 5.41) is 13.2. The van der Waals surface area contributed by atoms with Crippen molar-refractivity contribution in [2.75, 3.05) is 19.6 Å². The molecule has 32 heavy (non-hydrogen) atoms. The van der Waals surface area contributed by atoms with Crippen LogP contribution in [-0.2, 0) is 12.2 Å². The zero-order valence-corrected chi connectivity index (χ0v) is 18.5. The first kappa shape index (κ1) is 21.4. The van der Waals surface area contributed by atoms with Crippen LogP contribution in [0.3, 0.4) is 0 Å². The molecule has 1 aromatic heterocycles. The van der Waals surface area contributed by atoms with Gasteiger partial charge in [0.2, 0.25) is 5.79 Å². The summed E-state index contributed by atoms with van der Waals surface area (Å²) in [6, 6.07) is 8.07. The molecule has 1 saturated heterocycles. The standard InChI is InChI=1S/C24H25ClFN3O3/c1-14-2-4-15(5-3-14)20-13-28(9-8-27-20)24(26)11-16(25)10-18-21(30)19(23(31)32)12-29(22(18)24)17-6-7-17/h2-5,11-12,17,20,27H,6-10,13H2,1H3,(H,31,32). The number of carboxylic acids is 1. The Morgan fingerprint density at radius 1 is 1.28 bits per heavy atom. The van der Waals surface area contributed by atoms with E-state index >= 15 is 4.39 Å². The fraction of sp³-hybridized carbons (Fsp3) is 0.417. The Kier molecular flexibility index (Phi) is 5.23. The van der Waals surface area contributed by atoms with Crippen molar-refractivity contribution in [1.82, 2.24) is 14.8 Å². The molecule has 2 aliphatic carbocycles. The fourth-order valence-corrected chi connectivity index (χ4v) is 5.12. The lowest BCUT2D eigenvalue weighted by atomic mass is 9.90. The van der Waals surface area contributed by atoms with Gasteiger partial charge in [-0.1, -0.05) is 41.4 Å². The maximum atomic E-state index is 17.0. The molecule has 2 aromatic rings. The molecule has 2 fully saturated rings. The number of piperazine rings is 1. The average Bonchev–Trinajstić information content (AvgIpc) is 3.60. The van der Waals surface area contributed by atoms with Gasteiger partial charge in [-0.15, -0.1) is 0 Å². The Morgan fingerprint density at radius 2 is 2.00 bits per heavy atom. The minimum Gasteiger partial charge on any atom is -0.477 e. The summed E-state index contributed by atoms with van der Waals surface area (Å²) in [6.07, 6.45) is 4.42. The van der Waals surface area contributed by atoms with Crippen molar-refractivity contribution in [1.29, 1.82) is 0 Å². The lowest BCUT2D eigenvalue weighted by Crippen LogP contribution is -2.55. The second-order valence-electron chi connectivity index (χ2n) is 8.95. The molecule has 1 saturated carbocycles. The third-order valence-electron chi connectivity index (χ3n) is 6.64. The molecular formula is C24H25ClFN3O3. The Morgan fingerprint density at radius 3 is 2.66 bits per heavy atom. The molecule has 2 N–H and O–H groups in total. The van der Waals surface area contributed by atoms with E-state index in [9.17, 15) is 14.7 Å². The van der Waals surface area contributed by atoms with Crippen molar-refractivity contribution >= 4 is 17.6 Å². The number of aryl methyl sites for hydroxylation is 1. The number of rotatable bonds is 4. The maximum absolute atomic E-state index is 17.0. The highest BCUT2D eigenvalue weighted by Crippen LogP contribution is 2.46. The summed E-state index contributed by atoms with van der Waals surface area (Å²) in [5.74, 6) is -3.39. The number of aromatic carboxylic acids is 1. The van der Waals surface area contributed by atoms with Crippen molar-refractivity contribution < 1.29 is 14.3 Å². The summed E-state index contributed by atoms with van der Waals surface area (Å²) in [5.41, 5.74) is 1.63. The van der Waals surface area contributed by atoms with E-state index in [1.807, 2.05) is 31.2 Å². The topological polar surface area (TPSA) is 74.6 Å². The molecule has 5 rings (SSSR count). The van der Waals surface area contributed by atoms with Gasteiger partial charge < -0.3 is 15.0 Å². The molecular weight excluding hydrogens is 433 g/mol. The summed E-state index contributed by atoms with van der Waals surface area (Å²) >= 11 is 6.35. The molecule has 2 atom stereocenters. The van der Waals surface area contributed by atoms with Crippen molar-refractivity contribution in [3.05, 3.63) is 79.7 Å². The number of alkyl halides is 1. The van der Waals surface area contributed by atoms with Crippen LogP contribution in [0.5, 0.6) is 0 Å². The lowest BCUT2D eigenvalue weighted by molar-refractivity contribution is -0.0250. The van der Waals surface area contributed by atoms with Gasteiger partial charge in [-0.3, -0.25) is 9.69 Å². The quantitative estimate of drug-likeness (QED) is 0.686. The minimum absolute atomic E-state index is 0.00124. The lowest BCUT2D eigenvalue weighted by Gasteiger charge is -2.44. The molecule has 0 radical (unpaired) electrons. The van der Waals surface area contributed by atoms with E-state index in [1.165, 1.54) is 12.3 Å². The second kappa shape index (κ2) is 7.83. The van der Waals surface area contributed by atoms with E-state index in [2.05, 4.69) is 5.32 Å². The van der Waals surface area contributed by atoms with Crippen molar-refractivity contribution in [3.8, 4) is 0 Å². The summed E-state index contributed by atoms with van der Waals surface area (Å²) in [4.78, 5) is 26.4. The number of aromatic nitrogens is 1. The summed E-state index contributed by atoms with van der Waals surface area (Å²) in [6.45, 7) is 3.42. The number of nitrogens with zero attached hydrogens (tertiary/aromatic N) is 2. The van der Waals surface area contributed by atoms with Crippen LogP contribution in [0, 0.1) is 6.92 Å². The van der Waals surface area contributed by atoms with Gasteiger partial charge in [-0.25, -0.2) is 9.18 Å². The fourth-order valence-electron chi connectivity index (χ4n) is 4.84. The van der Waals surface area contributed by atoms with Crippen molar-refractivity contribution in [2.45, 2.75) is 44.1 Å². The number of nitrogens with one attached hydrogen (secondary N) is 1. The Labute approximate surface area is 190 Å². The number of pyridine rings is 1. The summed E-state index contributed by atoms with van der Waals surface area (Å²) < 4.78 is 18.7. The van der Waals surface area contributed by atoms with Gasteiger partial charge in [0.05, 0.1) is 5.69 Å². The van der Waals surface area contributed by atoms with Gasteiger partial charge in [-0.2, -0.15) is 0 Å². The van der Waals surface area contributed by atoms with Gasteiger partial charge in [0.15, 0.2) is 5.43 Å². The van der Waals surface area contributed by atoms with E-state index in [0.717, 1.165) is 24.0 Å². The zero-order valence-electron chi connectivity index (χ0n) is 17.8. The zero-order chi connectivity index (χ0) is 22.6. The molecule has 0 amide bonds. The monoisotopic (exact) mass is 457 g/mol. The molecule has 0 bridgehead atoms. The highest BCUT2D eigenvalue weighted by atomic mass is 35.5. The van der Waals surface area contributed by atoms with Crippen LogP contribution in [0.15, 0.2) is 46.4 Å². The largest absolute Gasteiger partial charge is 0.477 e. The van der Waals surface area contributed by atoms with Gasteiger partial charge in [0, 0.05) is 54.9 Å². The SMILES string of the molecule is Cc1ccc(C2CN(C3(F)C=C(Cl)Cc4c3n(C3CC3)cc(C(=O)O)c4=O)CCN2)cc1. The van der Waals surface area contributed by atoms with Crippen molar-refractivity contribution in [3.63, 3.8) is 0 Å². The first-order valence-corrected chi connectivity index (χ1v) is 11.3. The van der Waals surface area contributed by atoms with Gasteiger partial charge in [-0.05, 0) is 31.4 Å². The number of hydrogen-bond donors (Lipinski definition) is 2. The van der Waals surface area contributed by atoms with Crippen LogP contribution in [-0.4, -0.2) is 40.2 Å². The molecule has 1 aliphatic heterocycles. The second-order valence-corrected chi connectivity index (χ2v) is 9.43. The number of carboxylic acid groups (broad SMARTS) is 1. The predicted octanol–water partition coefficient (Wildman–Crippen LogP) is 3.64. The third kappa shape index (κ3) is 3.58. The number of fused-ring (bicyclic) bond motifs is 1. The van der Waals surface area contributed by atoms with E-state index in [1.54, 1.807) is 9.47 Å². The molecule has 0 spiro atoms. The van der Waals surface area contributed by atoms with Crippen LogP contribution < -0.4 is 10.7 Å². The van der Waals surface area contributed by atoms with Gasteiger partial charge in [0.1, 0.15) is 5.56 Å². The van der Waals surface area contributed by atoms with E-state index in [4.69, 9.17) is 11.6 Å². The number of benzene rings is 1. The molecule has 2 heterocycles. The Bertz CT molecular complexity index is 1170. The Balaban J connectivity index is 1.61. The van der Waals surface area contributed by atoms with Gasteiger partial charge >= 0.3 is 5.97 Å². The third-order valence-corrected chi connectivity index (χ3v) is 6.89. The Hall–Kier alpha value is -2.48. The molecule has 3 aliphatic rings. The molecule has 168 valence electrons. The number of allylic oxidation sites excluding steroid dienone is 1. The first-order chi connectivity index (χ1) is 15.3. The van der Waals surface area contributed by atoms with E-state index in [0.29, 0.717) is 19.6 Å². The van der Waals surface area contributed by atoms with Crippen LogP contribution in [0.2, 0.25) is 0 Å². The highest BCUT2D eigenvalue weighted by molar-refractivity contribution is 6.30. The normalized spacial score (nSPS) is 25.8. The van der Waals surface area contributed by atoms with Gasteiger partial charge in [0.25, 0.3) is 0 Å². The molecule has 2 unspecified atom stereocenters. The molecule has 8 heteroatoms. The smallest absolute Gasteiger partial charge is 0.341 e. The van der Waals surface area contributed by atoms with E-state index in [-0.39, 0.29) is 40.4 Å². The average molecular weight is 458 g/mol. The first-order valence-electron chi connectivity index (χ1n) is 10.9. The number of halogens is 2. The van der Waals surface area contributed by atoms with Crippen LogP contribution >= 0.6 is 11.6 Å². The van der Waals surface area contributed by atoms with Crippen molar-refractivity contribution in [2.24, 2.45) is 0 Å². The highest BCUT2D eigenvalue weighted by Gasteiger charge is 2.48. The maximum Gasteiger partial charge on any atom is 0.341 e. The van der Waals surface area contributed by atoms with Crippen LogP contribution in [0.4, 0.5) is 4.39 Å². The minimum atomic E-state index is -2.09. The van der Waals surface area contributed by atoms with E-state index < -0.39 is 17.2 Å². The number of hydrogen-bond acceptors (Lipinski definition) is 4. The van der Waals surface area contributed by atoms with Crippen LogP contribution in [0.1, 0.15) is 57.7 Å². The molecule has 6 nitrogen and oxygen atoms in total. The molecule has 1 aromatic carbocycles. The van der Waals surface area contributed by atoms with Crippen LogP contribution in [0.25, 0.3) is 0 Å². The number of carbonyl (C=O) groups is 1. The summed E-state index contributed by atoms with van der Waals surface area (Å²) in [7, 11) is 0. The predicted molar refractivity (Wildman–Crippen MR) is 120 cm³/mol.